The van der Waals surface area contributed by atoms with E-state index in [-0.39, 0.29) is 43.4 Å². The Kier molecular flexibility index (Phi) is 7.97. The van der Waals surface area contributed by atoms with Gasteiger partial charge in [0.05, 0.1) is 42.2 Å². The van der Waals surface area contributed by atoms with Gasteiger partial charge in [0.1, 0.15) is 0 Å². The second kappa shape index (κ2) is 11.3. The zero-order valence-corrected chi connectivity index (χ0v) is 22.4. The van der Waals surface area contributed by atoms with Crippen LogP contribution in [0.1, 0.15) is 90.8 Å². The molecule has 220 valence electrons. The van der Waals surface area contributed by atoms with E-state index in [0.717, 1.165) is 12.8 Å². The SMILES string of the molecule is Cc1ncccc1C(=O)N[C@H](c1cn2ncc(C(NC(=O)CCC(F)(F)F)C3CC3)cc2n1)C1CCC(F)(F)CC1. The van der Waals surface area contributed by atoms with E-state index in [1.165, 1.54) is 4.52 Å². The Morgan fingerprint density at radius 2 is 1.80 bits per heavy atom. The molecule has 0 bridgehead atoms. The van der Waals surface area contributed by atoms with Crippen LogP contribution in [0.5, 0.6) is 0 Å². The first-order valence-corrected chi connectivity index (χ1v) is 13.7. The van der Waals surface area contributed by atoms with E-state index < -0.39 is 42.9 Å². The van der Waals surface area contributed by atoms with Crippen molar-refractivity contribution in [3.05, 3.63) is 59.3 Å². The molecule has 2 aliphatic rings. The van der Waals surface area contributed by atoms with Gasteiger partial charge in [-0.1, -0.05) is 0 Å². The van der Waals surface area contributed by atoms with Crippen molar-refractivity contribution >= 4 is 17.5 Å². The molecule has 0 spiro atoms. The summed E-state index contributed by atoms with van der Waals surface area (Å²) in [6.45, 7) is 1.71. The zero-order chi connectivity index (χ0) is 29.4. The standard InChI is InChI=1S/C28H31F5N6O2/c1-16-20(3-2-12-34-16)26(41)38-25(18-6-9-27(29,30)10-7-18)21-15-39-22(36-21)13-19(14-35-39)24(17-4-5-17)37-23(40)8-11-28(31,32)33/h2-3,12-15,17-18,24-25H,4-11H2,1H3,(H,37,40)(H,38,41)/t24?,25-/m0/s1. The lowest BCUT2D eigenvalue weighted by molar-refractivity contribution is -0.144. The minimum absolute atomic E-state index is 0.0854. The first-order chi connectivity index (χ1) is 19.4. The van der Waals surface area contributed by atoms with Crippen molar-refractivity contribution < 1.29 is 31.5 Å². The quantitative estimate of drug-likeness (QED) is 0.320. The normalized spacial score (nSPS) is 19.1. The number of hydrogen-bond acceptors (Lipinski definition) is 5. The van der Waals surface area contributed by atoms with Gasteiger partial charge in [-0.25, -0.2) is 18.3 Å². The Hall–Kier alpha value is -3.64. The van der Waals surface area contributed by atoms with Crippen molar-refractivity contribution in [2.45, 2.75) is 82.5 Å². The molecule has 0 aromatic carbocycles. The fourth-order valence-corrected chi connectivity index (χ4v) is 5.41. The van der Waals surface area contributed by atoms with Crippen molar-refractivity contribution in [2.75, 3.05) is 0 Å². The highest BCUT2D eigenvalue weighted by atomic mass is 19.4. The second-order valence-electron chi connectivity index (χ2n) is 11.0. The summed E-state index contributed by atoms with van der Waals surface area (Å²) in [6, 6.07) is 3.83. The van der Waals surface area contributed by atoms with E-state index in [0.29, 0.717) is 28.2 Å². The number of imidazole rings is 1. The Bertz CT molecular complexity index is 1410. The maximum Gasteiger partial charge on any atom is 0.389 e. The Morgan fingerprint density at radius 1 is 1.10 bits per heavy atom. The van der Waals surface area contributed by atoms with Gasteiger partial charge in [0, 0.05) is 31.2 Å². The number of carbonyl (C=O) groups excluding carboxylic acids is 2. The van der Waals surface area contributed by atoms with Gasteiger partial charge in [0.2, 0.25) is 11.8 Å². The first-order valence-electron chi connectivity index (χ1n) is 13.7. The van der Waals surface area contributed by atoms with Crippen LogP contribution in [0.4, 0.5) is 22.0 Å². The fraction of sp³-hybridized carbons (Fsp3) is 0.536. The van der Waals surface area contributed by atoms with E-state index in [1.807, 2.05) is 0 Å². The van der Waals surface area contributed by atoms with Crippen molar-refractivity contribution in [1.29, 1.82) is 0 Å². The molecule has 3 heterocycles. The molecule has 3 aromatic heterocycles. The van der Waals surface area contributed by atoms with E-state index >= 15 is 0 Å². The van der Waals surface area contributed by atoms with Crippen LogP contribution in [0.3, 0.4) is 0 Å². The molecule has 2 fully saturated rings. The minimum Gasteiger partial charge on any atom is -0.349 e. The lowest BCUT2D eigenvalue weighted by Gasteiger charge is -2.33. The number of nitrogens with one attached hydrogen (secondary N) is 2. The van der Waals surface area contributed by atoms with E-state index in [1.54, 1.807) is 43.7 Å². The molecule has 41 heavy (non-hydrogen) atoms. The number of aromatic nitrogens is 4. The Balaban J connectivity index is 1.40. The molecule has 3 aromatic rings. The molecule has 2 aliphatic carbocycles. The van der Waals surface area contributed by atoms with Crippen LogP contribution in [0, 0.1) is 18.8 Å². The molecule has 0 saturated heterocycles. The first kappa shape index (κ1) is 28.9. The lowest BCUT2D eigenvalue weighted by Crippen LogP contribution is -2.37. The van der Waals surface area contributed by atoms with Gasteiger partial charge in [-0.15, -0.1) is 0 Å². The molecule has 1 unspecified atom stereocenters. The molecule has 2 amide bonds. The van der Waals surface area contributed by atoms with Crippen LogP contribution in [0.25, 0.3) is 5.65 Å². The second-order valence-corrected chi connectivity index (χ2v) is 11.0. The van der Waals surface area contributed by atoms with Crippen molar-refractivity contribution in [1.82, 2.24) is 30.2 Å². The summed E-state index contributed by atoms with van der Waals surface area (Å²) in [7, 11) is 0. The van der Waals surface area contributed by atoms with E-state index in [2.05, 4.69) is 25.7 Å². The molecule has 0 aliphatic heterocycles. The molecule has 2 N–H and O–H groups in total. The van der Waals surface area contributed by atoms with Crippen LogP contribution in [0.15, 0.2) is 36.8 Å². The third-order valence-electron chi connectivity index (χ3n) is 7.85. The van der Waals surface area contributed by atoms with Crippen molar-refractivity contribution in [3.63, 3.8) is 0 Å². The van der Waals surface area contributed by atoms with Gasteiger partial charge < -0.3 is 10.6 Å². The molecule has 5 rings (SSSR count). The minimum atomic E-state index is -4.42. The van der Waals surface area contributed by atoms with Crippen LogP contribution >= 0.6 is 0 Å². The Morgan fingerprint density at radius 3 is 2.46 bits per heavy atom. The number of halogens is 5. The molecular weight excluding hydrogens is 547 g/mol. The van der Waals surface area contributed by atoms with Crippen molar-refractivity contribution in [2.24, 2.45) is 11.8 Å². The summed E-state index contributed by atoms with van der Waals surface area (Å²) >= 11 is 0. The number of fused-ring (bicyclic) bond motifs is 1. The predicted molar refractivity (Wildman–Crippen MR) is 138 cm³/mol. The lowest BCUT2D eigenvalue weighted by atomic mass is 9.81. The van der Waals surface area contributed by atoms with E-state index in [9.17, 15) is 31.5 Å². The average molecular weight is 579 g/mol. The summed E-state index contributed by atoms with van der Waals surface area (Å²) < 4.78 is 67.2. The largest absolute Gasteiger partial charge is 0.389 e. The summed E-state index contributed by atoms with van der Waals surface area (Å²) in [6.07, 6.45) is -0.0578. The summed E-state index contributed by atoms with van der Waals surface area (Å²) in [4.78, 5) is 34.3. The van der Waals surface area contributed by atoms with Gasteiger partial charge in [-0.2, -0.15) is 18.3 Å². The molecule has 2 saturated carbocycles. The number of aryl methyl sites for hydroxylation is 1. The predicted octanol–water partition coefficient (Wildman–Crippen LogP) is 5.64. The maximum absolute atomic E-state index is 14.0. The average Bonchev–Trinajstić information content (AvgIpc) is 3.67. The van der Waals surface area contributed by atoms with E-state index in [4.69, 9.17) is 0 Å². The highest BCUT2D eigenvalue weighted by molar-refractivity contribution is 5.95. The van der Waals surface area contributed by atoms with Crippen molar-refractivity contribution in [3.8, 4) is 0 Å². The summed E-state index contributed by atoms with van der Waals surface area (Å²) in [5.41, 5.74) is 2.38. The number of hydrogen-bond donors (Lipinski definition) is 2. The number of nitrogens with zero attached hydrogens (tertiary/aromatic N) is 4. The Labute approximate surface area is 233 Å². The maximum atomic E-state index is 14.0. The van der Waals surface area contributed by atoms with Gasteiger partial charge in [0.15, 0.2) is 5.65 Å². The summed E-state index contributed by atoms with van der Waals surface area (Å²) in [5, 5.41) is 10.1. The van der Waals surface area contributed by atoms with Crippen LogP contribution < -0.4 is 10.6 Å². The fourth-order valence-electron chi connectivity index (χ4n) is 5.41. The highest BCUT2D eigenvalue weighted by Crippen LogP contribution is 2.43. The molecule has 8 nitrogen and oxygen atoms in total. The monoisotopic (exact) mass is 578 g/mol. The van der Waals surface area contributed by atoms with Crippen LogP contribution in [-0.4, -0.2) is 43.5 Å². The smallest absolute Gasteiger partial charge is 0.349 e. The number of carbonyl (C=O) groups is 2. The van der Waals surface area contributed by atoms with Crippen LogP contribution in [-0.2, 0) is 4.79 Å². The topological polar surface area (TPSA) is 101 Å². The number of alkyl halides is 5. The van der Waals surface area contributed by atoms with Gasteiger partial charge in [0.25, 0.3) is 5.91 Å². The summed E-state index contributed by atoms with van der Waals surface area (Å²) in [5.74, 6) is -4.03. The third kappa shape index (κ3) is 7.17. The zero-order valence-electron chi connectivity index (χ0n) is 22.4. The van der Waals surface area contributed by atoms with Crippen LogP contribution in [0.2, 0.25) is 0 Å². The molecular formula is C28H31F5N6O2. The van der Waals surface area contributed by atoms with Gasteiger partial charge in [-0.05, 0) is 68.2 Å². The third-order valence-corrected chi connectivity index (χ3v) is 7.85. The number of rotatable bonds is 9. The van der Waals surface area contributed by atoms with Gasteiger partial charge in [-0.3, -0.25) is 14.6 Å². The number of pyridine rings is 1. The molecule has 13 heteroatoms. The molecule has 0 radical (unpaired) electrons. The molecule has 2 atom stereocenters. The van der Waals surface area contributed by atoms with Gasteiger partial charge >= 0.3 is 6.18 Å². The number of amides is 2. The highest BCUT2D eigenvalue weighted by Gasteiger charge is 2.40.